The van der Waals surface area contributed by atoms with E-state index in [9.17, 15) is 0 Å². The van der Waals surface area contributed by atoms with Crippen molar-refractivity contribution in [2.24, 2.45) is 0 Å². The van der Waals surface area contributed by atoms with Gasteiger partial charge in [-0.05, 0) is 102 Å². The molecule has 0 aliphatic rings. The zero-order valence-electron chi connectivity index (χ0n) is 35.2. The minimum Gasteiger partial charge on any atom is -0.366 e. The molecular weight excluding hydrogens is 1010 g/mol. The third-order valence-electron chi connectivity index (χ3n) is 12.2. The Balaban J connectivity index is 0.000000135. The normalized spacial score (nSPS) is 10.8. The van der Waals surface area contributed by atoms with Crippen LogP contribution in [0.4, 0.5) is 0 Å². The largest absolute Gasteiger partial charge is 1.00 e. The molecule has 0 unspecified atom stereocenters. The van der Waals surface area contributed by atoms with E-state index in [2.05, 4.69) is 230 Å². The van der Waals surface area contributed by atoms with Gasteiger partial charge in [0.05, 0.1) is 0 Å². The van der Waals surface area contributed by atoms with Crippen molar-refractivity contribution in [2.45, 2.75) is 0 Å². The second-order valence-electron chi connectivity index (χ2n) is 15.8. The summed E-state index contributed by atoms with van der Waals surface area (Å²) in [5, 5.41) is 20.8. The molecule has 0 bridgehead atoms. The van der Waals surface area contributed by atoms with Crippen LogP contribution in [0.15, 0.2) is 231 Å². The van der Waals surface area contributed by atoms with Gasteiger partial charge in [0.1, 0.15) is 37.1 Å². The Hall–Kier alpha value is -5.82. The molecule has 0 aliphatic heterocycles. The monoisotopic (exact) mass is 1050 g/mol. The first-order valence-corrected chi connectivity index (χ1v) is 24.7. The van der Waals surface area contributed by atoms with Crippen LogP contribution in [0.5, 0.6) is 0 Å². The Morgan fingerprint density at radius 1 is 0.277 bits per heavy atom. The van der Waals surface area contributed by atoms with E-state index in [0.29, 0.717) is 0 Å². The van der Waals surface area contributed by atoms with Crippen LogP contribution in [0, 0.1) is 24.7 Å². The standard InChI is InChI=1S/C25H22P2.2C18H9.2Ag/c1-5-13-22(14-6-1)26(23-15-7-2-8-16-23)21-27(24-17-9-3-10-18-24)25-19-11-4-12-20-25;2*1-2-12-6-7-15-9-8-13-4-3-5-14-10-11-16(12)18(15)17(13)14;;/h1-20H,21H2;2*3-11H;;/q;2*-1;2*+1/p+2. The Morgan fingerprint density at radius 2 is 0.538 bits per heavy atom. The molecule has 12 aromatic rings. The van der Waals surface area contributed by atoms with Crippen LogP contribution >= 0.6 is 15.8 Å². The maximum absolute atomic E-state index is 7.41. The molecule has 0 atom stereocenters. The Kier molecular flexibility index (Phi) is 14.8. The van der Waals surface area contributed by atoms with Crippen molar-refractivity contribution < 1.29 is 44.8 Å². The van der Waals surface area contributed by atoms with Crippen LogP contribution in [-0.2, 0) is 44.8 Å². The van der Waals surface area contributed by atoms with Gasteiger partial charge >= 0.3 is 44.8 Å². The van der Waals surface area contributed by atoms with Gasteiger partial charge in [0, 0.05) is 0 Å². The minimum absolute atomic E-state index is 0. The van der Waals surface area contributed by atoms with E-state index in [-0.39, 0.29) is 44.8 Å². The summed E-state index contributed by atoms with van der Waals surface area (Å²) in [5.41, 5.74) is 1.72. The van der Waals surface area contributed by atoms with Crippen LogP contribution < -0.4 is 21.2 Å². The summed E-state index contributed by atoms with van der Waals surface area (Å²) in [4.78, 5) is 0. The Labute approximate surface area is 415 Å². The molecule has 12 aromatic carbocycles. The van der Waals surface area contributed by atoms with Gasteiger partial charge in [-0.3, -0.25) is 11.8 Å². The number of hydrogen-bond acceptors (Lipinski definition) is 0. The molecule has 0 N–H and O–H groups in total. The number of hydrogen-bond donors (Lipinski definition) is 0. The smallest absolute Gasteiger partial charge is 0.366 e. The molecule has 0 radical (unpaired) electrons. The summed E-state index contributed by atoms with van der Waals surface area (Å²) in [5.74, 6) is 6.31. The van der Waals surface area contributed by atoms with E-state index in [1.165, 1.54) is 81.0 Å². The fraction of sp³-hybridized carbons (Fsp3) is 0.0164. The Morgan fingerprint density at radius 3 is 0.831 bits per heavy atom. The fourth-order valence-corrected chi connectivity index (χ4v) is 16.9. The SMILES string of the molecule is [Ag+].[Ag+].[C-]#Cc1ccc2ccc3cccc4ccc1c2c34.[C-]#Cc1ccc2ccc3cccc4ccc1c2c34.c1ccc([PH+](C[PH+](c2ccccc2)c2ccccc2)c2ccccc2)cc1. The molecule has 0 saturated heterocycles. The molecule has 0 saturated carbocycles. The van der Waals surface area contributed by atoms with Crippen LogP contribution in [0.25, 0.3) is 64.6 Å². The molecule has 0 aromatic heterocycles. The van der Waals surface area contributed by atoms with Crippen molar-refractivity contribution in [2.75, 3.05) is 5.90 Å². The number of benzene rings is 12. The van der Waals surface area contributed by atoms with Gasteiger partial charge in [-0.25, -0.2) is 0 Å². The minimum atomic E-state index is -0.847. The second-order valence-corrected chi connectivity index (χ2v) is 21.4. The molecule has 12 rings (SSSR count). The molecule has 0 aliphatic carbocycles. The third-order valence-corrected chi connectivity index (χ3v) is 19.1. The van der Waals surface area contributed by atoms with Gasteiger partial charge in [0.2, 0.25) is 0 Å². The van der Waals surface area contributed by atoms with Crippen LogP contribution in [-0.4, -0.2) is 5.90 Å². The van der Waals surface area contributed by atoms with Crippen molar-refractivity contribution >= 4 is 102 Å². The first-order chi connectivity index (χ1) is 31.2. The van der Waals surface area contributed by atoms with Gasteiger partial charge in [-0.15, -0.1) is 23.3 Å². The number of rotatable bonds is 6. The summed E-state index contributed by atoms with van der Waals surface area (Å²) in [6, 6.07) is 82.4. The van der Waals surface area contributed by atoms with Gasteiger partial charge in [0.25, 0.3) is 0 Å². The van der Waals surface area contributed by atoms with Crippen molar-refractivity contribution in [1.29, 1.82) is 0 Å². The maximum atomic E-state index is 7.41. The van der Waals surface area contributed by atoms with E-state index in [1.54, 1.807) is 0 Å². The van der Waals surface area contributed by atoms with E-state index < -0.39 is 15.8 Å². The molecular formula is C61H42Ag2P2+2. The first-order valence-electron chi connectivity index (χ1n) is 21.3. The van der Waals surface area contributed by atoms with E-state index in [0.717, 1.165) is 21.9 Å². The van der Waals surface area contributed by atoms with Crippen molar-refractivity contribution in [3.8, 4) is 11.8 Å². The molecule has 65 heavy (non-hydrogen) atoms. The molecule has 0 spiro atoms. The maximum Gasteiger partial charge on any atom is 1.00 e. The average molecular weight is 1050 g/mol. The second kappa shape index (κ2) is 21.0. The Bertz CT molecular complexity index is 3210. The van der Waals surface area contributed by atoms with Crippen molar-refractivity contribution in [1.82, 2.24) is 0 Å². The topological polar surface area (TPSA) is 0 Å². The first kappa shape index (κ1) is 45.7. The van der Waals surface area contributed by atoms with Gasteiger partial charge < -0.3 is 12.8 Å². The summed E-state index contributed by atoms with van der Waals surface area (Å²) >= 11 is 0. The zero-order chi connectivity index (χ0) is 42.5. The van der Waals surface area contributed by atoms with E-state index in [1.807, 2.05) is 12.1 Å². The summed E-state index contributed by atoms with van der Waals surface area (Å²) < 4.78 is 0. The average Bonchev–Trinajstić information content (AvgIpc) is 3.36. The third kappa shape index (κ3) is 9.34. The zero-order valence-corrected chi connectivity index (χ0v) is 40.2. The van der Waals surface area contributed by atoms with Gasteiger partial charge in [-0.2, -0.15) is 0 Å². The van der Waals surface area contributed by atoms with Crippen LogP contribution in [0.3, 0.4) is 0 Å². The predicted molar refractivity (Wildman–Crippen MR) is 279 cm³/mol. The van der Waals surface area contributed by atoms with Gasteiger partial charge in [0.15, 0.2) is 5.90 Å². The van der Waals surface area contributed by atoms with E-state index >= 15 is 0 Å². The molecule has 0 heterocycles. The summed E-state index contributed by atoms with van der Waals surface area (Å²) in [6.07, 6.45) is 14.8. The van der Waals surface area contributed by atoms with E-state index in [4.69, 9.17) is 12.8 Å². The quantitative estimate of drug-likeness (QED) is 0.0512. The molecule has 4 heteroatoms. The van der Waals surface area contributed by atoms with Crippen molar-refractivity contribution in [3.63, 3.8) is 0 Å². The van der Waals surface area contributed by atoms with Gasteiger partial charge in [-0.1, -0.05) is 181 Å². The van der Waals surface area contributed by atoms with Crippen LogP contribution in [0.2, 0.25) is 0 Å². The molecule has 0 fully saturated rings. The molecule has 0 nitrogen and oxygen atoms in total. The predicted octanol–water partition coefficient (Wildman–Crippen LogP) is 13.7. The molecule has 0 amide bonds. The van der Waals surface area contributed by atoms with Crippen molar-refractivity contribution in [3.05, 3.63) is 254 Å². The fourth-order valence-electron chi connectivity index (χ4n) is 9.16. The van der Waals surface area contributed by atoms with Crippen LogP contribution in [0.1, 0.15) is 11.1 Å². The summed E-state index contributed by atoms with van der Waals surface area (Å²) in [6.45, 7) is 0. The molecule has 316 valence electrons. The summed E-state index contributed by atoms with van der Waals surface area (Å²) in [7, 11) is -1.69.